The molecule has 0 aliphatic rings. The Bertz CT molecular complexity index is 629. The normalized spacial score (nSPS) is 11.5. The molecule has 0 radical (unpaired) electrons. The lowest BCUT2D eigenvalue weighted by molar-refractivity contribution is 0.141. The van der Waals surface area contributed by atoms with Crippen molar-refractivity contribution < 1.29 is 13.3 Å². The van der Waals surface area contributed by atoms with Gasteiger partial charge in [-0.3, -0.25) is 0 Å². The zero-order chi connectivity index (χ0) is 11.8. The highest BCUT2D eigenvalue weighted by molar-refractivity contribution is 7.21. The van der Waals surface area contributed by atoms with Gasteiger partial charge < -0.3 is 4.52 Å². The number of para-hydroxylation sites is 1. The Labute approximate surface area is 98.7 Å². The summed E-state index contributed by atoms with van der Waals surface area (Å²) in [6.45, 7) is 0. The van der Waals surface area contributed by atoms with Gasteiger partial charge in [0.15, 0.2) is 5.69 Å². The van der Waals surface area contributed by atoms with Gasteiger partial charge in [0, 0.05) is 0 Å². The number of aromatic nitrogens is 2. The molecule has 0 unspecified atom stereocenters. The highest BCUT2D eigenvalue weighted by Crippen LogP contribution is 2.35. The SMILES string of the molecule is FC(F)c1nocc1-c1nc2ccccc2s1. The fourth-order valence-corrected chi connectivity index (χ4v) is 2.53. The molecule has 3 nitrogen and oxygen atoms in total. The highest BCUT2D eigenvalue weighted by Gasteiger charge is 2.21. The molecule has 2 aromatic heterocycles. The number of hydrogen-bond donors (Lipinski definition) is 0. The first-order chi connectivity index (χ1) is 8.25. The number of fused-ring (bicyclic) bond motifs is 1. The second-order valence-electron chi connectivity index (χ2n) is 3.40. The summed E-state index contributed by atoms with van der Waals surface area (Å²) in [6, 6.07) is 7.47. The van der Waals surface area contributed by atoms with Crippen LogP contribution in [0.25, 0.3) is 20.8 Å². The topological polar surface area (TPSA) is 38.9 Å². The van der Waals surface area contributed by atoms with E-state index in [1.807, 2.05) is 24.3 Å². The van der Waals surface area contributed by atoms with Gasteiger partial charge in [0.1, 0.15) is 11.3 Å². The molecule has 0 saturated heterocycles. The summed E-state index contributed by atoms with van der Waals surface area (Å²) in [5, 5.41) is 3.81. The zero-order valence-electron chi connectivity index (χ0n) is 8.43. The van der Waals surface area contributed by atoms with Crippen LogP contribution in [-0.4, -0.2) is 10.1 Å². The maximum atomic E-state index is 12.7. The van der Waals surface area contributed by atoms with E-state index in [-0.39, 0.29) is 11.3 Å². The molecule has 0 aliphatic carbocycles. The van der Waals surface area contributed by atoms with Gasteiger partial charge in [0.25, 0.3) is 6.43 Å². The van der Waals surface area contributed by atoms with Crippen molar-refractivity contribution >= 4 is 21.6 Å². The van der Waals surface area contributed by atoms with Crippen LogP contribution in [0.4, 0.5) is 8.78 Å². The molecule has 86 valence electrons. The van der Waals surface area contributed by atoms with Crippen LogP contribution < -0.4 is 0 Å². The van der Waals surface area contributed by atoms with E-state index >= 15 is 0 Å². The summed E-state index contributed by atoms with van der Waals surface area (Å²) in [5.41, 5.74) is 0.694. The van der Waals surface area contributed by atoms with E-state index in [1.54, 1.807) is 0 Å². The lowest BCUT2D eigenvalue weighted by atomic mass is 10.2. The van der Waals surface area contributed by atoms with E-state index < -0.39 is 6.43 Å². The molecule has 1 aromatic carbocycles. The van der Waals surface area contributed by atoms with Crippen molar-refractivity contribution in [2.24, 2.45) is 0 Å². The Kier molecular flexibility index (Phi) is 2.36. The minimum Gasteiger partial charge on any atom is -0.364 e. The third-order valence-electron chi connectivity index (χ3n) is 2.33. The van der Waals surface area contributed by atoms with Crippen LogP contribution >= 0.6 is 11.3 Å². The zero-order valence-corrected chi connectivity index (χ0v) is 9.25. The second-order valence-corrected chi connectivity index (χ2v) is 4.43. The Morgan fingerprint density at radius 3 is 2.82 bits per heavy atom. The summed E-state index contributed by atoms with van der Waals surface area (Å²) < 4.78 is 30.9. The molecule has 0 N–H and O–H groups in total. The van der Waals surface area contributed by atoms with E-state index in [9.17, 15) is 8.78 Å². The van der Waals surface area contributed by atoms with Crippen molar-refractivity contribution in [3.8, 4) is 10.6 Å². The maximum Gasteiger partial charge on any atom is 0.284 e. The van der Waals surface area contributed by atoms with Crippen molar-refractivity contribution in [3.63, 3.8) is 0 Å². The monoisotopic (exact) mass is 252 g/mol. The number of thiazole rings is 1. The fraction of sp³-hybridized carbons (Fsp3) is 0.0909. The summed E-state index contributed by atoms with van der Waals surface area (Å²) in [7, 11) is 0. The second kappa shape index (κ2) is 3.89. The smallest absolute Gasteiger partial charge is 0.284 e. The largest absolute Gasteiger partial charge is 0.364 e. The Morgan fingerprint density at radius 1 is 1.24 bits per heavy atom. The number of rotatable bonds is 2. The molecule has 0 atom stereocenters. The van der Waals surface area contributed by atoms with Crippen molar-refractivity contribution in [1.29, 1.82) is 0 Å². The summed E-state index contributed by atoms with van der Waals surface area (Å²) in [5.74, 6) is 0. The van der Waals surface area contributed by atoms with Crippen LogP contribution in [0.5, 0.6) is 0 Å². The van der Waals surface area contributed by atoms with Crippen molar-refractivity contribution in [2.75, 3.05) is 0 Å². The average Bonchev–Trinajstić information content (AvgIpc) is 2.95. The van der Waals surface area contributed by atoms with E-state index in [1.165, 1.54) is 17.6 Å². The minimum atomic E-state index is -2.66. The minimum absolute atomic E-state index is 0.265. The van der Waals surface area contributed by atoms with Gasteiger partial charge in [-0.1, -0.05) is 17.3 Å². The van der Waals surface area contributed by atoms with Gasteiger partial charge in [0.2, 0.25) is 0 Å². The van der Waals surface area contributed by atoms with Crippen molar-refractivity contribution in [1.82, 2.24) is 10.1 Å². The summed E-state index contributed by atoms with van der Waals surface area (Å²) >= 11 is 1.34. The van der Waals surface area contributed by atoms with Crippen molar-refractivity contribution in [3.05, 3.63) is 36.2 Å². The van der Waals surface area contributed by atoms with Crippen LogP contribution in [0, 0.1) is 0 Å². The molecule has 17 heavy (non-hydrogen) atoms. The molecule has 0 amide bonds. The number of alkyl halides is 2. The van der Waals surface area contributed by atoms with Crippen molar-refractivity contribution in [2.45, 2.75) is 6.43 Å². The Morgan fingerprint density at radius 2 is 2.06 bits per heavy atom. The van der Waals surface area contributed by atoms with Crippen LogP contribution in [0.2, 0.25) is 0 Å². The molecule has 3 aromatic rings. The van der Waals surface area contributed by atoms with Crippen LogP contribution in [0.1, 0.15) is 12.1 Å². The van der Waals surface area contributed by atoms with E-state index in [2.05, 4.69) is 14.7 Å². The molecule has 0 saturated carbocycles. The Balaban J connectivity index is 2.17. The lowest BCUT2D eigenvalue weighted by Gasteiger charge is -1.94. The quantitative estimate of drug-likeness (QED) is 0.694. The molecule has 0 fully saturated rings. The maximum absolute atomic E-state index is 12.7. The van der Waals surface area contributed by atoms with Gasteiger partial charge in [-0.15, -0.1) is 11.3 Å². The van der Waals surface area contributed by atoms with Gasteiger partial charge in [-0.2, -0.15) is 0 Å². The molecule has 6 heteroatoms. The standard InChI is InChI=1S/C11H6F2N2OS/c12-10(13)9-6(5-16-15-9)11-14-7-3-1-2-4-8(7)17-11/h1-5,10H. The van der Waals surface area contributed by atoms with E-state index in [0.29, 0.717) is 5.01 Å². The van der Waals surface area contributed by atoms with Gasteiger partial charge in [-0.05, 0) is 12.1 Å². The lowest BCUT2D eigenvalue weighted by Crippen LogP contribution is -1.86. The first kappa shape index (κ1) is 10.3. The summed E-state index contributed by atoms with van der Waals surface area (Å²) in [6.07, 6.45) is -1.45. The van der Waals surface area contributed by atoms with Gasteiger partial charge in [-0.25, -0.2) is 13.8 Å². The first-order valence-corrected chi connectivity index (χ1v) is 5.65. The van der Waals surface area contributed by atoms with Crippen LogP contribution in [0.3, 0.4) is 0 Å². The molecule has 3 rings (SSSR count). The summed E-state index contributed by atoms with van der Waals surface area (Å²) in [4.78, 5) is 4.28. The van der Waals surface area contributed by atoms with E-state index in [4.69, 9.17) is 0 Å². The molecule has 2 heterocycles. The van der Waals surface area contributed by atoms with Gasteiger partial charge >= 0.3 is 0 Å². The number of hydrogen-bond acceptors (Lipinski definition) is 4. The van der Waals surface area contributed by atoms with E-state index in [0.717, 1.165) is 10.2 Å². The number of halogens is 2. The number of nitrogens with zero attached hydrogens (tertiary/aromatic N) is 2. The highest BCUT2D eigenvalue weighted by atomic mass is 32.1. The average molecular weight is 252 g/mol. The Hall–Kier alpha value is -1.82. The molecule has 0 aliphatic heterocycles. The number of benzene rings is 1. The first-order valence-electron chi connectivity index (χ1n) is 4.84. The molecule has 0 spiro atoms. The molecular weight excluding hydrogens is 246 g/mol. The third-order valence-corrected chi connectivity index (χ3v) is 3.40. The van der Waals surface area contributed by atoms with Crippen LogP contribution in [-0.2, 0) is 0 Å². The van der Waals surface area contributed by atoms with Gasteiger partial charge in [0.05, 0.1) is 15.8 Å². The third kappa shape index (κ3) is 1.70. The molecular formula is C11H6F2N2OS. The predicted octanol–water partition coefficient (Wildman–Crippen LogP) is 3.89. The van der Waals surface area contributed by atoms with Crippen LogP contribution in [0.15, 0.2) is 35.1 Å². The predicted molar refractivity (Wildman–Crippen MR) is 60.1 cm³/mol. The fourth-order valence-electron chi connectivity index (χ4n) is 1.55. The molecule has 0 bridgehead atoms.